The van der Waals surface area contributed by atoms with Crippen molar-refractivity contribution in [3.8, 4) is 0 Å². The highest BCUT2D eigenvalue weighted by atomic mass is 16.7. The predicted octanol–water partition coefficient (Wildman–Crippen LogP) is 0.834. The van der Waals surface area contributed by atoms with Crippen LogP contribution in [0, 0.1) is 40.4 Å². The number of rotatable bonds is 8. The fraction of sp³-hybridized carbons (Fsp3) is 0.875. The van der Waals surface area contributed by atoms with Crippen LogP contribution >= 0.6 is 0 Å². The van der Waals surface area contributed by atoms with E-state index in [1.165, 1.54) is 0 Å². The molecular formula is C40H62O14. The number of cyclic esters (lactones) is 1. The number of carbonyl (C=O) groups excluding carboxylic acids is 1. The molecule has 0 bridgehead atoms. The molecule has 20 atom stereocenters. The molecule has 0 aromatic carbocycles. The first-order chi connectivity index (χ1) is 25.5. The van der Waals surface area contributed by atoms with Gasteiger partial charge in [0.1, 0.15) is 54.9 Å². The standard InChI is InChI=1S/C40H62O14/c1-17-12-26(52-36(49)18(17)2)19(3)23-8-9-24-22-7-6-20-13-21(14-29(42)40(20,5)25(22)10-11-39(23,24)4)51-38-35(48)33(46)31(44)28(54-38)16-50-37-34(47)32(45)30(43)27(15-41)53-37/h6,19,21-35,37-38,41-48H,7-16H2,1-5H3/t19-,21+,22-,23+,24?,25?,26+,27+,28+,29-,30+,31+,32-,33-,34+,35+,37+,38+,39+,40-/m0/s1. The first-order valence-corrected chi connectivity index (χ1v) is 20.0. The van der Waals surface area contributed by atoms with Crippen molar-refractivity contribution in [3.05, 3.63) is 22.8 Å². The molecule has 14 heteroatoms. The molecule has 14 nitrogen and oxygen atoms in total. The van der Waals surface area contributed by atoms with Crippen LogP contribution in [0.2, 0.25) is 0 Å². The molecule has 3 aliphatic heterocycles. The number of hydrogen-bond donors (Lipinski definition) is 8. The second-order valence-electron chi connectivity index (χ2n) is 18.0. The molecule has 5 fully saturated rings. The van der Waals surface area contributed by atoms with E-state index < -0.39 is 92.2 Å². The zero-order chi connectivity index (χ0) is 39.0. The second kappa shape index (κ2) is 15.3. The van der Waals surface area contributed by atoms with Crippen LogP contribution in [0.3, 0.4) is 0 Å². The summed E-state index contributed by atoms with van der Waals surface area (Å²) in [7, 11) is 0. The molecule has 4 aliphatic carbocycles. The number of ether oxygens (including phenoxy) is 5. The lowest BCUT2D eigenvalue weighted by molar-refractivity contribution is -0.337. The minimum Gasteiger partial charge on any atom is -0.458 e. The van der Waals surface area contributed by atoms with Gasteiger partial charge in [-0.15, -0.1) is 0 Å². The molecule has 0 aromatic rings. The number of esters is 1. The Balaban J connectivity index is 1.00. The van der Waals surface area contributed by atoms with Crippen LogP contribution in [0.5, 0.6) is 0 Å². The van der Waals surface area contributed by atoms with Crippen LogP contribution < -0.4 is 0 Å². The molecule has 8 N–H and O–H groups in total. The van der Waals surface area contributed by atoms with Gasteiger partial charge < -0.3 is 64.5 Å². The van der Waals surface area contributed by atoms with Gasteiger partial charge >= 0.3 is 5.97 Å². The van der Waals surface area contributed by atoms with Crippen molar-refractivity contribution in [2.75, 3.05) is 13.2 Å². The molecule has 0 aromatic heterocycles. The average Bonchev–Trinajstić information content (AvgIpc) is 3.50. The fourth-order valence-corrected chi connectivity index (χ4v) is 11.9. The van der Waals surface area contributed by atoms with Crippen molar-refractivity contribution in [2.24, 2.45) is 40.4 Å². The predicted molar refractivity (Wildman–Crippen MR) is 190 cm³/mol. The maximum Gasteiger partial charge on any atom is 0.333 e. The van der Waals surface area contributed by atoms with Gasteiger partial charge in [-0.2, -0.15) is 0 Å². The Morgan fingerprint density at radius 3 is 2.20 bits per heavy atom. The van der Waals surface area contributed by atoms with Gasteiger partial charge in [-0.3, -0.25) is 0 Å². The molecule has 2 saturated heterocycles. The summed E-state index contributed by atoms with van der Waals surface area (Å²) in [6.07, 6.45) is -7.38. The number of carbonyl (C=O) groups is 1. The number of fused-ring (bicyclic) bond motifs is 5. The Morgan fingerprint density at radius 2 is 1.52 bits per heavy atom. The van der Waals surface area contributed by atoms with Crippen molar-refractivity contribution in [1.82, 2.24) is 0 Å². The molecule has 0 amide bonds. The third-order valence-corrected chi connectivity index (χ3v) is 15.4. The van der Waals surface area contributed by atoms with Gasteiger partial charge in [-0.25, -0.2) is 4.79 Å². The molecular weight excluding hydrogens is 704 g/mol. The Hall–Kier alpha value is -1.53. The molecule has 3 saturated carbocycles. The number of allylic oxidation sites excluding steroid dienone is 1. The van der Waals surface area contributed by atoms with Crippen LogP contribution in [0.25, 0.3) is 0 Å². The van der Waals surface area contributed by atoms with Gasteiger partial charge in [0.2, 0.25) is 0 Å². The summed E-state index contributed by atoms with van der Waals surface area (Å²) in [5, 5.41) is 84.3. The third-order valence-electron chi connectivity index (χ3n) is 15.4. The molecule has 0 radical (unpaired) electrons. The van der Waals surface area contributed by atoms with Crippen LogP contribution in [-0.4, -0.2) is 140 Å². The van der Waals surface area contributed by atoms with E-state index >= 15 is 0 Å². The topological polar surface area (TPSA) is 225 Å². The average molecular weight is 767 g/mol. The van der Waals surface area contributed by atoms with Crippen LogP contribution in [0.15, 0.2) is 22.8 Å². The summed E-state index contributed by atoms with van der Waals surface area (Å²) in [4.78, 5) is 12.6. The van der Waals surface area contributed by atoms with E-state index in [4.69, 9.17) is 23.7 Å². The van der Waals surface area contributed by atoms with Crippen LogP contribution in [0.1, 0.15) is 86.0 Å². The Kier molecular flexibility index (Phi) is 11.5. The van der Waals surface area contributed by atoms with E-state index in [-0.39, 0.29) is 29.8 Å². The van der Waals surface area contributed by atoms with Gasteiger partial charge in [-0.05, 0) is 87.4 Å². The minimum atomic E-state index is -1.67. The zero-order valence-electron chi connectivity index (χ0n) is 32.1. The first-order valence-electron chi connectivity index (χ1n) is 20.0. The highest BCUT2D eigenvalue weighted by molar-refractivity contribution is 5.89. The van der Waals surface area contributed by atoms with Crippen LogP contribution in [-0.2, 0) is 28.5 Å². The number of aliphatic hydroxyl groups excluding tert-OH is 8. The van der Waals surface area contributed by atoms with Crippen LogP contribution in [0.4, 0.5) is 0 Å². The van der Waals surface area contributed by atoms with E-state index in [0.29, 0.717) is 30.1 Å². The number of hydrogen-bond acceptors (Lipinski definition) is 14. The van der Waals surface area contributed by atoms with E-state index in [2.05, 4.69) is 26.8 Å². The van der Waals surface area contributed by atoms with Crippen molar-refractivity contribution in [2.45, 2.75) is 166 Å². The van der Waals surface area contributed by atoms with Crippen molar-refractivity contribution in [3.63, 3.8) is 0 Å². The lowest BCUT2D eigenvalue weighted by Crippen LogP contribution is -2.62. The van der Waals surface area contributed by atoms with E-state index in [1.807, 2.05) is 13.8 Å². The van der Waals surface area contributed by atoms with Gasteiger partial charge in [0.05, 0.1) is 25.4 Å². The molecule has 306 valence electrons. The SMILES string of the molecule is CC1=C(C)C(=O)O[C@@H]([C@@H](C)[C@H]2CCC3[C@@H]4CC=C5C[C@@H](O[C@@H]6O[C@H](CO[C@@H]7O[C@H](CO)[C@@H](O)[C@H](O)[C@H]7O)[C@@H](O)[C@H](O)[C@H]6O)C[C@H](O)[C@]5(C)C4CC[C@@]32C)C1. The minimum absolute atomic E-state index is 0.103. The molecule has 0 spiro atoms. The second-order valence-corrected chi connectivity index (χ2v) is 18.0. The van der Waals surface area contributed by atoms with Gasteiger partial charge in [-0.1, -0.05) is 38.0 Å². The van der Waals surface area contributed by atoms with E-state index in [0.717, 1.165) is 55.2 Å². The lowest BCUT2D eigenvalue weighted by Gasteiger charge is -2.60. The van der Waals surface area contributed by atoms with E-state index in [1.54, 1.807) is 0 Å². The molecule has 54 heavy (non-hydrogen) atoms. The Morgan fingerprint density at radius 1 is 0.852 bits per heavy atom. The normalized spacial score (nSPS) is 51.5. The Bertz CT molecular complexity index is 1450. The lowest BCUT2D eigenvalue weighted by atomic mass is 9.46. The van der Waals surface area contributed by atoms with Gasteiger partial charge in [0.25, 0.3) is 0 Å². The highest BCUT2D eigenvalue weighted by Crippen LogP contribution is 2.67. The van der Waals surface area contributed by atoms with Crippen molar-refractivity contribution >= 4 is 5.97 Å². The molecule has 2 unspecified atom stereocenters. The maximum atomic E-state index is 12.6. The van der Waals surface area contributed by atoms with Gasteiger partial charge in [0, 0.05) is 23.8 Å². The summed E-state index contributed by atoms with van der Waals surface area (Å²) in [6, 6.07) is 0. The smallest absolute Gasteiger partial charge is 0.333 e. The maximum absolute atomic E-state index is 12.6. The summed E-state index contributed by atoms with van der Waals surface area (Å²) in [5.74, 6) is 1.72. The summed E-state index contributed by atoms with van der Waals surface area (Å²) in [5.41, 5.74) is 2.65. The third kappa shape index (κ3) is 6.73. The van der Waals surface area contributed by atoms with Crippen molar-refractivity contribution < 1.29 is 69.3 Å². The quantitative estimate of drug-likeness (QED) is 0.127. The van der Waals surface area contributed by atoms with E-state index in [9.17, 15) is 45.6 Å². The van der Waals surface area contributed by atoms with Gasteiger partial charge in [0.15, 0.2) is 12.6 Å². The zero-order valence-corrected chi connectivity index (χ0v) is 32.1. The molecule has 3 heterocycles. The molecule has 7 rings (SSSR count). The summed E-state index contributed by atoms with van der Waals surface area (Å²) >= 11 is 0. The highest BCUT2D eigenvalue weighted by Gasteiger charge is 2.62. The number of aliphatic hydroxyl groups is 8. The largest absolute Gasteiger partial charge is 0.458 e. The summed E-state index contributed by atoms with van der Waals surface area (Å²) in [6.45, 7) is 9.70. The fourth-order valence-electron chi connectivity index (χ4n) is 11.9. The summed E-state index contributed by atoms with van der Waals surface area (Å²) < 4.78 is 29.1. The monoisotopic (exact) mass is 766 g/mol. The first kappa shape index (κ1) is 40.7. The Labute approximate surface area is 317 Å². The molecule has 7 aliphatic rings. The van der Waals surface area contributed by atoms with Crippen molar-refractivity contribution in [1.29, 1.82) is 0 Å².